The van der Waals surface area contributed by atoms with Crippen LogP contribution in [0.2, 0.25) is 0 Å². The molecule has 0 unspecified atom stereocenters. The first-order chi connectivity index (χ1) is 13.3. The third-order valence-electron chi connectivity index (χ3n) is 3.49. The molecule has 0 radical (unpaired) electrons. The van der Waals surface area contributed by atoms with Crippen molar-refractivity contribution < 1.29 is 23.0 Å². The van der Waals surface area contributed by atoms with Gasteiger partial charge in [-0.2, -0.15) is 14.0 Å². The van der Waals surface area contributed by atoms with E-state index in [0.717, 1.165) is 11.3 Å². The number of amides is 1. The number of thiazole rings is 1. The van der Waals surface area contributed by atoms with Crippen LogP contribution >= 0.6 is 11.3 Å². The number of halogens is 2. The summed E-state index contributed by atoms with van der Waals surface area (Å²) in [6.07, 6.45) is 2.91. The van der Waals surface area contributed by atoms with Gasteiger partial charge in [-0.05, 0) is 23.8 Å². The lowest BCUT2D eigenvalue weighted by atomic mass is 10.2. The summed E-state index contributed by atoms with van der Waals surface area (Å²) in [5.74, 6) is -1.05. The minimum absolute atomic E-state index is 0.0543. The third-order valence-corrected chi connectivity index (χ3v) is 4.62. The van der Waals surface area contributed by atoms with Crippen LogP contribution in [0.25, 0.3) is 11.6 Å². The summed E-state index contributed by atoms with van der Waals surface area (Å²) in [6.45, 7) is 0.612. The molecule has 0 aliphatic carbocycles. The predicted molar refractivity (Wildman–Crippen MR) is 99.4 cm³/mol. The Balaban J connectivity index is 2.71. The topological polar surface area (TPSA) is 107 Å². The van der Waals surface area contributed by atoms with Crippen molar-refractivity contribution in [2.24, 2.45) is 5.73 Å². The number of hydrogen-bond acceptors (Lipinski definition) is 6. The third kappa shape index (κ3) is 4.44. The molecular formula is C18H15F2N3O4S. The molecule has 1 aromatic heterocycles. The Morgan fingerprint density at radius 1 is 1.46 bits per heavy atom. The number of nitrogens with zero attached hydrogens (tertiary/aromatic N) is 2. The molecule has 0 spiro atoms. The summed E-state index contributed by atoms with van der Waals surface area (Å²) >= 11 is 0.905. The highest BCUT2D eigenvalue weighted by atomic mass is 32.1. The Kier molecular flexibility index (Phi) is 6.68. The van der Waals surface area contributed by atoms with Gasteiger partial charge in [-0.25, -0.2) is 0 Å². The van der Waals surface area contributed by atoms with E-state index in [0.29, 0.717) is 5.56 Å². The second kappa shape index (κ2) is 8.96. The van der Waals surface area contributed by atoms with Crippen molar-refractivity contribution in [1.82, 2.24) is 4.57 Å². The van der Waals surface area contributed by atoms with Crippen molar-refractivity contribution >= 4 is 28.9 Å². The lowest BCUT2D eigenvalue weighted by molar-refractivity contribution is -0.112. The van der Waals surface area contributed by atoms with Crippen LogP contribution in [-0.4, -0.2) is 24.2 Å². The molecule has 1 heterocycles. The number of allylic oxidation sites excluding steroid dienone is 1. The first-order valence-electron chi connectivity index (χ1n) is 7.71. The van der Waals surface area contributed by atoms with E-state index >= 15 is 0 Å². The Hall–Kier alpha value is -3.45. The molecule has 0 saturated heterocycles. The van der Waals surface area contributed by atoms with Gasteiger partial charge in [-0.15, -0.1) is 17.9 Å². The van der Waals surface area contributed by atoms with Crippen LogP contribution in [0.4, 0.5) is 8.78 Å². The first-order valence-corrected chi connectivity index (χ1v) is 8.53. The Morgan fingerprint density at radius 3 is 2.71 bits per heavy atom. The highest BCUT2D eigenvalue weighted by molar-refractivity contribution is 7.07. The molecule has 10 heteroatoms. The highest BCUT2D eigenvalue weighted by Gasteiger charge is 2.14. The quantitative estimate of drug-likeness (QED) is 0.680. The van der Waals surface area contributed by atoms with Crippen LogP contribution in [0.3, 0.4) is 0 Å². The standard InChI is InChI=1S/C18H15F2N3O4S/c1-3-6-23-16(25)14(28-17(23)11(9-21)15(22)24)8-10-4-5-12(27-18(19)20)13(7-10)26-2/h3-5,7-8,18H,1,6H2,2H3,(H2,22,24)/b14-8+,17-11-. The number of ether oxygens (including phenoxy) is 2. The van der Waals surface area contributed by atoms with E-state index in [1.165, 1.54) is 42.0 Å². The van der Waals surface area contributed by atoms with E-state index in [1.807, 2.05) is 0 Å². The van der Waals surface area contributed by atoms with Gasteiger partial charge in [0.25, 0.3) is 11.5 Å². The van der Waals surface area contributed by atoms with Crippen molar-refractivity contribution in [2.75, 3.05) is 7.11 Å². The number of hydrogen-bond donors (Lipinski definition) is 1. The van der Waals surface area contributed by atoms with Crippen LogP contribution < -0.4 is 30.0 Å². The molecule has 0 saturated carbocycles. The number of aromatic nitrogens is 1. The summed E-state index contributed by atoms with van der Waals surface area (Å²) in [4.78, 5) is 24.2. The smallest absolute Gasteiger partial charge is 0.387 e. The van der Waals surface area contributed by atoms with Crippen molar-refractivity contribution in [3.05, 3.63) is 56.0 Å². The van der Waals surface area contributed by atoms with Gasteiger partial charge in [0, 0.05) is 6.54 Å². The van der Waals surface area contributed by atoms with E-state index in [1.54, 1.807) is 6.07 Å². The van der Waals surface area contributed by atoms with E-state index in [-0.39, 0.29) is 32.8 Å². The SMILES string of the molecule is C=CCn1c(=O)/c(=C\c2ccc(OC(F)F)c(OC)c2)s/c1=C(/C#N)C(N)=O. The summed E-state index contributed by atoms with van der Waals surface area (Å²) in [5.41, 5.74) is 4.88. The normalized spacial score (nSPS) is 12.5. The Labute approximate surface area is 161 Å². The molecule has 0 fully saturated rings. The van der Waals surface area contributed by atoms with Gasteiger partial charge in [-0.3, -0.25) is 14.2 Å². The molecular weight excluding hydrogens is 392 g/mol. The fourth-order valence-corrected chi connectivity index (χ4v) is 3.44. The van der Waals surface area contributed by atoms with Crippen molar-refractivity contribution in [1.29, 1.82) is 5.26 Å². The van der Waals surface area contributed by atoms with Crippen LogP contribution in [0, 0.1) is 11.3 Å². The van der Waals surface area contributed by atoms with Crippen LogP contribution in [0.1, 0.15) is 5.56 Å². The second-order valence-corrected chi connectivity index (χ2v) is 6.29. The van der Waals surface area contributed by atoms with Gasteiger partial charge < -0.3 is 15.2 Å². The van der Waals surface area contributed by atoms with E-state index < -0.39 is 18.1 Å². The fourth-order valence-electron chi connectivity index (χ4n) is 2.33. The Bertz CT molecular complexity index is 1130. The summed E-state index contributed by atoms with van der Waals surface area (Å²) in [6, 6.07) is 5.86. The molecule has 1 amide bonds. The lowest BCUT2D eigenvalue weighted by Crippen LogP contribution is -2.33. The molecule has 146 valence electrons. The zero-order chi connectivity index (χ0) is 20.8. The van der Waals surface area contributed by atoms with Gasteiger partial charge in [0.05, 0.1) is 11.6 Å². The first kappa shape index (κ1) is 20.9. The van der Waals surface area contributed by atoms with Crippen LogP contribution in [0.5, 0.6) is 11.5 Å². The number of rotatable bonds is 7. The van der Waals surface area contributed by atoms with Gasteiger partial charge in [0.15, 0.2) is 17.1 Å². The molecule has 28 heavy (non-hydrogen) atoms. The monoisotopic (exact) mass is 407 g/mol. The van der Waals surface area contributed by atoms with Gasteiger partial charge in [-0.1, -0.05) is 12.1 Å². The highest BCUT2D eigenvalue weighted by Crippen LogP contribution is 2.29. The van der Waals surface area contributed by atoms with Crippen molar-refractivity contribution in [2.45, 2.75) is 13.2 Å². The number of nitriles is 1. The molecule has 0 atom stereocenters. The van der Waals surface area contributed by atoms with Crippen LogP contribution in [-0.2, 0) is 11.3 Å². The second-order valence-electron chi connectivity index (χ2n) is 5.26. The number of nitrogens with two attached hydrogens (primary N) is 1. The maximum Gasteiger partial charge on any atom is 0.387 e. The number of benzene rings is 1. The largest absolute Gasteiger partial charge is 0.493 e. The number of carbonyl (C=O) groups excluding carboxylic acids is 1. The zero-order valence-corrected chi connectivity index (χ0v) is 15.5. The van der Waals surface area contributed by atoms with E-state index in [4.69, 9.17) is 10.5 Å². The molecule has 2 N–H and O–H groups in total. The molecule has 0 bridgehead atoms. The van der Waals surface area contributed by atoms with Crippen molar-refractivity contribution in [3.63, 3.8) is 0 Å². The minimum Gasteiger partial charge on any atom is -0.493 e. The van der Waals surface area contributed by atoms with Gasteiger partial charge in [0.2, 0.25) is 0 Å². The molecule has 7 nitrogen and oxygen atoms in total. The van der Waals surface area contributed by atoms with Gasteiger partial charge >= 0.3 is 6.61 Å². The lowest BCUT2D eigenvalue weighted by Gasteiger charge is -2.09. The summed E-state index contributed by atoms with van der Waals surface area (Å²) < 4.78 is 35.8. The number of primary amides is 1. The Morgan fingerprint density at radius 2 is 2.18 bits per heavy atom. The predicted octanol–water partition coefficient (Wildman–Crippen LogP) is 0.694. The molecule has 0 aliphatic rings. The van der Waals surface area contributed by atoms with E-state index in [9.17, 15) is 23.6 Å². The molecule has 2 rings (SSSR count). The minimum atomic E-state index is -3.01. The number of methoxy groups -OCH3 is 1. The van der Waals surface area contributed by atoms with Gasteiger partial charge in [0.1, 0.15) is 10.7 Å². The molecule has 1 aromatic carbocycles. The molecule has 2 aromatic rings. The average molecular weight is 407 g/mol. The summed E-state index contributed by atoms with van der Waals surface area (Å²) in [5, 5.41) is 9.18. The number of carbonyl (C=O) groups is 1. The summed E-state index contributed by atoms with van der Waals surface area (Å²) in [7, 11) is 1.29. The van der Waals surface area contributed by atoms with Crippen LogP contribution in [0.15, 0.2) is 35.6 Å². The molecule has 0 aliphatic heterocycles. The maximum absolute atomic E-state index is 12.7. The zero-order valence-electron chi connectivity index (χ0n) is 14.6. The average Bonchev–Trinajstić information content (AvgIpc) is 2.93. The number of alkyl halides is 2. The maximum atomic E-state index is 12.7. The fraction of sp³-hybridized carbons (Fsp3) is 0.167. The van der Waals surface area contributed by atoms with Crippen molar-refractivity contribution in [3.8, 4) is 17.6 Å². The van der Waals surface area contributed by atoms with E-state index in [2.05, 4.69) is 11.3 Å².